The first-order valence-corrected chi connectivity index (χ1v) is 7.97. The van der Waals surface area contributed by atoms with Gasteiger partial charge in [0.25, 0.3) is 17.3 Å². The minimum absolute atomic E-state index is 0.101. The Hall–Kier alpha value is -3.49. The molecule has 1 saturated carbocycles. The number of carbonyl (C=O) groups excluding carboxylic acids is 1. The van der Waals surface area contributed by atoms with Crippen LogP contribution in [0.2, 0.25) is 0 Å². The van der Waals surface area contributed by atoms with Gasteiger partial charge >= 0.3 is 0 Å². The van der Waals surface area contributed by atoms with Crippen molar-refractivity contribution in [3.63, 3.8) is 0 Å². The zero-order valence-electron chi connectivity index (χ0n) is 13.9. The molecule has 1 aliphatic carbocycles. The van der Waals surface area contributed by atoms with Crippen LogP contribution < -0.4 is 10.6 Å². The second-order valence-electron chi connectivity index (χ2n) is 6.07. The number of benzene rings is 2. The Kier molecular flexibility index (Phi) is 4.53. The van der Waals surface area contributed by atoms with Crippen molar-refractivity contribution in [2.45, 2.75) is 25.8 Å². The Bertz CT molecular complexity index is 908. The molecule has 1 fully saturated rings. The van der Waals surface area contributed by atoms with Gasteiger partial charge in [0.15, 0.2) is 0 Å². The molecule has 3 rings (SSSR count). The van der Waals surface area contributed by atoms with E-state index in [1.807, 2.05) is 0 Å². The van der Waals surface area contributed by atoms with E-state index in [1.54, 1.807) is 0 Å². The van der Waals surface area contributed by atoms with Crippen molar-refractivity contribution < 1.29 is 14.6 Å². The van der Waals surface area contributed by atoms with E-state index in [0.29, 0.717) is 11.3 Å². The Balaban J connectivity index is 1.86. The summed E-state index contributed by atoms with van der Waals surface area (Å²) < 4.78 is 0. The molecule has 1 aliphatic rings. The monoisotopic (exact) mass is 356 g/mol. The molecule has 0 unspecified atom stereocenters. The number of nitrogens with one attached hydrogen (secondary N) is 2. The summed E-state index contributed by atoms with van der Waals surface area (Å²) in [6, 6.07) is 8.77. The number of rotatable bonds is 6. The molecular weight excluding hydrogens is 340 g/mol. The van der Waals surface area contributed by atoms with Crippen molar-refractivity contribution in [2.24, 2.45) is 0 Å². The van der Waals surface area contributed by atoms with Gasteiger partial charge in [-0.15, -0.1) is 0 Å². The van der Waals surface area contributed by atoms with Crippen molar-refractivity contribution in [1.82, 2.24) is 0 Å². The van der Waals surface area contributed by atoms with Gasteiger partial charge in [0, 0.05) is 23.7 Å². The van der Waals surface area contributed by atoms with Crippen LogP contribution in [-0.4, -0.2) is 21.8 Å². The number of hydrogen-bond acceptors (Lipinski definition) is 6. The minimum Gasteiger partial charge on any atom is -0.377 e. The van der Waals surface area contributed by atoms with Crippen LogP contribution in [0.25, 0.3) is 0 Å². The Morgan fingerprint density at radius 3 is 2.35 bits per heavy atom. The maximum absolute atomic E-state index is 12.4. The summed E-state index contributed by atoms with van der Waals surface area (Å²) in [7, 11) is 0. The molecular formula is C17H16N4O5. The molecule has 0 bridgehead atoms. The van der Waals surface area contributed by atoms with Crippen LogP contribution in [-0.2, 0) is 0 Å². The lowest BCUT2D eigenvalue weighted by Gasteiger charge is -2.10. The number of amides is 1. The molecule has 134 valence electrons. The van der Waals surface area contributed by atoms with Crippen molar-refractivity contribution in [1.29, 1.82) is 0 Å². The van der Waals surface area contributed by atoms with E-state index in [-0.39, 0.29) is 28.7 Å². The summed E-state index contributed by atoms with van der Waals surface area (Å²) in [5, 5.41) is 27.9. The second-order valence-corrected chi connectivity index (χ2v) is 6.07. The van der Waals surface area contributed by atoms with Crippen molar-refractivity contribution in [3.05, 3.63) is 67.8 Å². The predicted molar refractivity (Wildman–Crippen MR) is 95.5 cm³/mol. The largest absolute Gasteiger partial charge is 0.377 e. The molecule has 1 amide bonds. The van der Waals surface area contributed by atoms with Gasteiger partial charge in [0.2, 0.25) is 0 Å². The zero-order valence-corrected chi connectivity index (χ0v) is 13.9. The van der Waals surface area contributed by atoms with Crippen LogP contribution in [0.1, 0.15) is 28.8 Å². The van der Waals surface area contributed by atoms with Crippen molar-refractivity contribution in [3.8, 4) is 0 Å². The number of nitro benzene ring substituents is 2. The van der Waals surface area contributed by atoms with E-state index in [4.69, 9.17) is 0 Å². The average molecular weight is 356 g/mol. The standard InChI is InChI=1S/C17H16N4O5/c1-10-13(3-2-4-15(10)20(23)24)19-17(22)11-5-8-14(18-12-6-7-12)16(9-11)21(25)26/h2-5,8-9,12,18H,6-7H2,1H3,(H,19,22). The number of nitro groups is 2. The van der Waals surface area contributed by atoms with Crippen LogP contribution in [0.3, 0.4) is 0 Å². The molecule has 2 N–H and O–H groups in total. The second kappa shape index (κ2) is 6.79. The van der Waals surface area contributed by atoms with Crippen molar-refractivity contribution in [2.75, 3.05) is 10.6 Å². The number of hydrogen-bond donors (Lipinski definition) is 2. The first-order valence-electron chi connectivity index (χ1n) is 7.97. The van der Waals surface area contributed by atoms with Gasteiger partial charge in [-0.25, -0.2) is 0 Å². The van der Waals surface area contributed by atoms with E-state index < -0.39 is 15.8 Å². The van der Waals surface area contributed by atoms with Crippen LogP contribution in [0, 0.1) is 27.2 Å². The van der Waals surface area contributed by atoms with Gasteiger partial charge in [0.1, 0.15) is 5.69 Å². The fraction of sp³-hybridized carbons (Fsp3) is 0.235. The van der Waals surface area contributed by atoms with Gasteiger partial charge in [-0.2, -0.15) is 0 Å². The molecule has 2 aromatic carbocycles. The molecule has 26 heavy (non-hydrogen) atoms. The molecule has 9 heteroatoms. The molecule has 0 atom stereocenters. The molecule has 2 aromatic rings. The smallest absolute Gasteiger partial charge is 0.293 e. The predicted octanol–water partition coefficient (Wildman–Crippen LogP) is 3.64. The maximum atomic E-state index is 12.4. The van der Waals surface area contributed by atoms with Crippen LogP contribution in [0.15, 0.2) is 36.4 Å². The topological polar surface area (TPSA) is 127 Å². The third-order valence-corrected chi connectivity index (χ3v) is 4.14. The quantitative estimate of drug-likeness (QED) is 0.601. The highest BCUT2D eigenvalue weighted by Crippen LogP contribution is 2.32. The normalized spacial score (nSPS) is 13.1. The lowest BCUT2D eigenvalue weighted by molar-refractivity contribution is -0.385. The first-order chi connectivity index (χ1) is 12.4. The maximum Gasteiger partial charge on any atom is 0.293 e. The Morgan fingerprint density at radius 1 is 1.04 bits per heavy atom. The van der Waals surface area contributed by atoms with E-state index >= 15 is 0 Å². The average Bonchev–Trinajstić information content (AvgIpc) is 3.40. The molecule has 0 heterocycles. The van der Waals surface area contributed by atoms with Crippen molar-refractivity contribution >= 4 is 28.7 Å². The summed E-state index contributed by atoms with van der Waals surface area (Å²) >= 11 is 0. The summed E-state index contributed by atoms with van der Waals surface area (Å²) in [6.07, 6.45) is 1.93. The number of nitrogens with zero attached hydrogens (tertiary/aromatic N) is 2. The van der Waals surface area contributed by atoms with Gasteiger partial charge < -0.3 is 10.6 Å². The highest BCUT2D eigenvalue weighted by Gasteiger charge is 2.26. The van der Waals surface area contributed by atoms with E-state index in [1.165, 1.54) is 43.3 Å². The van der Waals surface area contributed by atoms with Crippen LogP contribution >= 0.6 is 0 Å². The molecule has 0 aliphatic heterocycles. The highest BCUT2D eigenvalue weighted by atomic mass is 16.6. The van der Waals surface area contributed by atoms with Gasteiger partial charge in [-0.3, -0.25) is 25.0 Å². The van der Waals surface area contributed by atoms with E-state index in [2.05, 4.69) is 10.6 Å². The summed E-state index contributed by atoms with van der Waals surface area (Å²) in [4.78, 5) is 33.6. The fourth-order valence-corrected chi connectivity index (χ4v) is 2.54. The highest BCUT2D eigenvalue weighted by molar-refractivity contribution is 6.05. The summed E-state index contributed by atoms with van der Waals surface area (Å²) in [5.41, 5.74) is 0.780. The van der Waals surface area contributed by atoms with Crippen LogP contribution in [0.5, 0.6) is 0 Å². The lowest BCUT2D eigenvalue weighted by atomic mass is 10.1. The molecule has 0 radical (unpaired) electrons. The Labute approximate surface area is 148 Å². The lowest BCUT2D eigenvalue weighted by Crippen LogP contribution is -2.14. The van der Waals surface area contributed by atoms with Gasteiger partial charge in [-0.05, 0) is 38.0 Å². The molecule has 0 saturated heterocycles. The number of carbonyl (C=O) groups is 1. The van der Waals surface area contributed by atoms with Gasteiger partial charge in [0.05, 0.1) is 21.1 Å². The Morgan fingerprint density at radius 2 is 1.73 bits per heavy atom. The molecule has 9 nitrogen and oxygen atoms in total. The summed E-state index contributed by atoms with van der Waals surface area (Å²) in [5.74, 6) is -0.574. The minimum atomic E-state index is -0.574. The molecule has 0 spiro atoms. The SMILES string of the molecule is Cc1c(NC(=O)c2ccc(NC3CC3)c([N+](=O)[O-])c2)cccc1[N+](=O)[O-]. The third kappa shape index (κ3) is 3.61. The van der Waals surface area contributed by atoms with Crippen LogP contribution in [0.4, 0.5) is 22.7 Å². The fourth-order valence-electron chi connectivity index (χ4n) is 2.54. The third-order valence-electron chi connectivity index (χ3n) is 4.14. The van der Waals surface area contributed by atoms with E-state index in [0.717, 1.165) is 12.8 Å². The molecule has 0 aromatic heterocycles. The number of anilines is 2. The first kappa shape index (κ1) is 17.3. The summed E-state index contributed by atoms with van der Waals surface area (Å²) in [6.45, 7) is 1.53. The van der Waals surface area contributed by atoms with Gasteiger partial charge in [-0.1, -0.05) is 6.07 Å². The van der Waals surface area contributed by atoms with E-state index in [9.17, 15) is 25.0 Å². The zero-order chi connectivity index (χ0) is 18.8.